The minimum absolute atomic E-state index is 0.133. The summed E-state index contributed by atoms with van der Waals surface area (Å²) in [4.78, 5) is 4.12. The van der Waals surface area contributed by atoms with Crippen molar-refractivity contribution in [1.29, 1.82) is 0 Å². The first-order valence-electron chi connectivity index (χ1n) is 5.77. The number of nitrogens with two attached hydrogens (primary N) is 1. The first kappa shape index (κ1) is 11.6. The van der Waals surface area contributed by atoms with Gasteiger partial charge in [0.1, 0.15) is 11.6 Å². The number of nitrogen functional groups attached to an aromatic ring is 1. The summed E-state index contributed by atoms with van der Waals surface area (Å²) < 4.78 is 28.8. The van der Waals surface area contributed by atoms with Gasteiger partial charge in [-0.05, 0) is 30.7 Å². The third-order valence-electron chi connectivity index (χ3n) is 3.05. The molecule has 0 unspecified atom stereocenters. The molecule has 0 saturated heterocycles. The molecule has 0 aliphatic heterocycles. The average Bonchev–Trinajstić information content (AvgIpc) is 2.66. The topological polar surface area (TPSA) is 43.8 Å². The monoisotopic (exact) mass is 259 g/mol. The SMILES string of the molecule is Cc1cccc(F)c1-n1c(N)nc2ccc(F)cc21. The zero-order valence-electron chi connectivity index (χ0n) is 10.2. The Labute approximate surface area is 108 Å². The van der Waals surface area contributed by atoms with E-state index in [2.05, 4.69) is 4.98 Å². The number of benzene rings is 2. The molecule has 0 bridgehead atoms. The van der Waals surface area contributed by atoms with Crippen molar-refractivity contribution in [3.05, 3.63) is 53.6 Å². The lowest BCUT2D eigenvalue weighted by atomic mass is 10.2. The Bertz CT molecular complexity index is 757. The Kier molecular flexibility index (Phi) is 2.48. The van der Waals surface area contributed by atoms with Gasteiger partial charge in [-0.1, -0.05) is 12.1 Å². The number of imidazole rings is 1. The molecule has 0 atom stereocenters. The van der Waals surface area contributed by atoms with Gasteiger partial charge in [0.25, 0.3) is 0 Å². The maximum Gasteiger partial charge on any atom is 0.206 e. The van der Waals surface area contributed by atoms with Crippen LogP contribution in [0.5, 0.6) is 0 Å². The molecule has 1 aromatic heterocycles. The second kappa shape index (κ2) is 4.05. The Morgan fingerprint density at radius 3 is 2.68 bits per heavy atom. The van der Waals surface area contributed by atoms with E-state index in [0.29, 0.717) is 22.3 Å². The summed E-state index contributed by atoms with van der Waals surface area (Å²) >= 11 is 0. The molecule has 2 N–H and O–H groups in total. The highest BCUT2D eigenvalue weighted by molar-refractivity contribution is 5.81. The quantitative estimate of drug-likeness (QED) is 0.729. The molecule has 0 radical (unpaired) electrons. The number of rotatable bonds is 1. The van der Waals surface area contributed by atoms with Crippen LogP contribution in [0.2, 0.25) is 0 Å². The van der Waals surface area contributed by atoms with Crippen molar-refractivity contribution < 1.29 is 8.78 Å². The molecule has 0 fully saturated rings. The van der Waals surface area contributed by atoms with Crippen LogP contribution in [-0.4, -0.2) is 9.55 Å². The summed E-state index contributed by atoms with van der Waals surface area (Å²) in [5.74, 6) is -0.702. The van der Waals surface area contributed by atoms with Crippen LogP contribution in [0.15, 0.2) is 36.4 Å². The Morgan fingerprint density at radius 2 is 1.95 bits per heavy atom. The van der Waals surface area contributed by atoms with Crippen molar-refractivity contribution in [2.75, 3.05) is 5.73 Å². The van der Waals surface area contributed by atoms with E-state index < -0.39 is 11.6 Å². The lowest BCUT2D eigenvalue weighted by Gasteiger charge is -2.10. The van der Waals surface area contributed by atoms with Gasteiger partial charge in [-0.15, -0.1) is 0 Å². The molecule has 3 rings (SSSR count). The van der Waals surface area contributed by atoms with Gasteiger partial charge in [0.15, 0.2) is 0 Å². The average molecular weight is 259 g/mol. The molecular weight excluding hydrogens is 248 g/mol. The minimum Gasteiger partial charge on any atom is -0.369 e. The van der Waals surface area contributed by atoms with E-state index in [4.69, 9.17) is 5.73 Å². The predicted octanol–water partition coefficient (Wildman–Crippen LogP) is 3.19. The first-order chi connectivity index (χ1) is 9.08. The molecule has 0 spiro atoms. The van der Waals surface area contributed by atoms with Gasteiger partial charge >= 0.3 is 0 Å². The number of fused-ring (bicyclic) bond motifs is 1. The van der Waals surface area contributed by atoms with E-state index in [-0.39, 0.29) is 5.95 Å². The van der Waals surface area contributed by atoms with Crippen molar-refractivity contribution in [2.45, 2.75) is 6.92 Å². The fourth-order valence-electron chi connectivity index (χ4n) is 2.21. The van der Waals surface area contributed by atoms with Crippen molar-refractivity contribution in [3.8, 4) is 5.69 Å². The largest absolute Gasteiger partial charge is 0.369 e. The number of para-hydroxylation sites is 1. The number of anilines is 1. The lowest BCUT2D eigenvalue weighted by Crippen LogP contribution is -2.05. The number of hydrogen-bond acceptors (Lipinski definition) is 2. The molecule has 3 aromatic rings. The van der Waals surface area contributed by atoms with Gasteiger partial charge < -0.3 is 5.73 Å². The van der Waals surface area contributed by atoms with E-state index in [1.54, 1.807) is 19.1 Å². The maximum atomic E-state index is 14.0. The standard InChI is InChI=1S/C14H11F2N3/c1-8-3-2-4-10(16)13(8)19-12-7-9(15)5-6-11(12)18-14(19)17/h2-7H,1H3,(H2,17,18). The van der Waals surface area contributed by atoms with Crippen LogP contribution in [0.3, 0.4) is 0 Å². The summed E-state index contributed by atoms with van der Waals surface area (Å²) in [7, 11) is 0. The van der Waals surface area contributed by atoms with Crippen molar-refractivity contribution in [1.82, 2.24) is 9.55 Å². The Morgan fingerprint density at radius 1 is 1.16 bits per heavy atom. The van der Waals surface area contributed by atoms with E-state index in [1.807, 2.05) is 0 Å². The van der Waals surface area contributed by atoms with E-state index in [9.17, 15) is 8.78 Å². The number of nitrogens with zero attached hydrogens (tertiary/aromatic N) is 2. The summed E-state index contributed by atoms with van der Waals surface area (Å²) in [6.45, 7) is 1.77. The second-order valence-corrected chi connectivity index (χ2v) is 4.34. The van der Waals surface area contributed by atoms with Crippen LogP contribution >= 0.6 is 0 Å². The number of aryl methyl sites for hydroxylation is 1. The van der Waals surface area contributed by atoms with Crippen molar-refractivity contribution in [3.63, 3.8) is 0 Å². The minimum atomic E-state index is -0.421. The lowest BCUT2D eigenvalue weighted by molar-refractivity contribution is 0.617. The maximum absolute atomic E-state index is 14.0. The number of halogens is 2. The van der Waals surface area contributed by atoms with Crippen molar-refractivity contribution >= 4 is 17.0 Å². The fraction of sp³-hybridized carbons (Fsp3) is 0.0714. The van der Waals surface area contributed by atoms with E-state index in [0.717, 1.165) is 0 Å². The zero-order chi connectivity index (χ0) is 13.6. The molecule has 96 valence electrons. The molecule has 1 heterocycles. The van der Waals surface area contributed by atoms with Crippen LogP contribution in [0.25, 0.3) is 16.7 Å². The summed E-state index contributed by atoms with van der Waals surface area (Å²) in [5, 5.41) is 0. The van der Waals surface area contributed by atoms with Gasteiger partial charge in [0.05, 0.1) is 16.7 Å². The second-order valence-electron chi connectivity index (χ2n) is 4.34. The van der Waals surface area contributed by atoms with Gasteiger partial charge in [-0.2, -0.15) is 0 Å². The van der Waals surface area contributed by atoms with Crippen molar-refractivity contribution in [2.24, 2.45) is 0 Å². The smallest absolute Gasteiger partial charge is 0.206 e. The molecule has 0 amide bonds. The highest BCUT2D eigenvalue weighted by Crippen LogP contribution is 2.27. The van der Waals surface area contributed by atoms with Crippen LogP contribution in [0.1, 0.15) is 5.56 Å². The van der Waals surface area contributed by atoms with Gasteiger partial charge in [0.2, 0.25) is 5.95 Å². The zero-order valence-corrected chi connectivity index (χ0v) is 10.2. The Balaban J connectivity index is 2.42. The normalized spacial score (nSPS) is 11.1. The molecule has 0 aliphatic carbocycles. The molecule has 19 heavy (non-hydrogen) atoms. The van der Waals surface area contributed by atoms with E-state index in [1.165, 1.54) is 28.8 Å². The fourth-order valence-corrected chi connectivity index (χ4v) is 2.21. The van der Waals surface area contributed by atoms with Crippen LogP contribution in [-0.2, 0) is 0 Å². The van der Waals surface area contributed by atoms with Gasteiger partial charge in [0, 0.05) is 6.07 Å². The van der Waals surface area contributed by atoms with Gasteiger partial charge in [-0.3, -0.25) is 4.57 Å². The number of aromatic nitrogens is 2. The summed E-state index contributed by atoms with van der Waals surface area (Å²) in [6.07, 6.45) is 0. The molecule has 2 aromatic carbocycles. The molecule has 3 nitrogen and oxygen atoms in total. The van der Waals surface area contributed by atoms with Crippen LogP contribution in [0.4, 0.5) is 14.7 Å². The van der Waals surface area contributed by atoms with E-state index >= 15 is 0 Å². The molecule has 0 aliphatic rings. The first-order valence-corrected chi connectivity index (χ1v) is 5.77. The van der Waals surface area contributed by atoms with Crippen LogP contribution in [0, 0.1) is 18.6 Å². The van der Waals surface area contributed by atoms with Gasteiger partial charge in [-0.25, -0.2) is 13.8 Å². The third-order valence-corrected chi connectivity index (χ3v) is 3.05. The molecule has 0 saturated carbocycles. The molecule has 5 heteroatoms. The summed E-state index contributed by atoms with van der Waals surface area (Å²) in [6, 6.07) is 8.84. The van der Waals surface area contributed by atoms with Crippen LogP contribution < -0.4 is 5.73 Å². The summed E-state index contributed by atoms with van der Waals surface area (Å²) in [5.41, 5.74) is 7.82. The molecular formula is C14H11F2N3. The third kappa shape index (κ3) is 1.74. The predicted molar refractivity (Wildman–Crippen MR) is 70.1 cm³/mol. The highest BCUT2D eigenvalue weighted by atomic mass is 19.1. The Hall–Kier alpha value is -2.43. The number of hydrogen-bond donors (Lipinski definition) is 1. The highest BCUT2D eigenvalue weighted by Gasteiger charge is 2.15.